The minimum absolute atomic E-state index is 0.0261. The van der Waals surface area contributed by atoms with Crippen molar-refractivity contribution >= 4 is 16.5 Å². The third-order valence-corrected chi connectivity index (χ3v) is 4.35. The van der Waals surface area contributed by atoms with Crippen LogP contribution in [0.4, 0.5) is 5.13 Å². The Morgan fingerprint density at radius 3 is 2.48 bits per heavy atom. The summed E-state index contributed by atoms with van der Waals surface area (Å²) in [5, 5.41) is 13.7. The van der Waals surface area contributed by atoms with Gasteiger partial charge in [-0.15, -0.1) is 10.2 Å². The predicted octanol–water partition coefficient (Wildman–Crippen LogP) is 4.03. The van der Waals surface area contributed by atoms with Gasteiger partial charge in [0.25, 0.3) is 0 Å². The number of nitrogens with one attached hydrogen (secondary N) is 1. The normalized spacial score (nSPS) is 13.1. The van der Waals surface area contributed by atoms with E-state index in [4.69, 9.17) is 4.74 Å². The lowest BCUT2D eigenvalue weighted by atomic mass is 9.98. The summed E-state index contributed by atoms with van der Waals surface area (Å²) in [7, 11) is 0. The third-order valence-electron chi connectivity index (χ3n) is 3.04. The van der Waals surface area contributed by atoms with Gasteiger partial charge in [-0.2, -0.15) is 0 Å². The molecule has 1 aromatic heterocycles. The van der Waals surface area contributed by atoms with E-state index < -0.39 is 0 Å². The number of anilines is 1. The van der Waals surface area contributed by atoms with E-state index in [-0.39, 0.29) is 11.5 Å². The molecule has 0 spiro atoms. The lowest BCUT2D eigenvalue weighted by molar-refractivity contribution is 0.0719. The molecule has 1 atom stereocenters. The summed E-state index contributed by atoms with van der Waals surface area (Å²) < 4.78 is 5.82. The molecule has 114 valence electrons. The zero-order chi connectivity index (χ0) is 15.3. The maximum atomic E-state index is 5.82. The van der Waals surface area contributed by atoms with Gasteiger partial charge in [0.1, 0.15) is 5.01 Å². The van der Waals surface area contributed by atoms with Crippen molar-refractivity contribution in [3.05, 3.63) is 40.9 Å². The molecule has 0 aliphatic rings. The van der Waals surface area contributed by atoms with Crippen molar-refractivity contribution in [2.45, 2.75) is 39.2 Å². The van der Waals surface area contributed by atoms with Crippen molar-refractivity contribution in [1.82, 2.24) is 10.2 Å². The van der Waals surface area contributed by atoms with Crippen molar-refractivity contribution in [1.29, 1.82) is 0 Å². The van der Waals surface area contributed by atoms with Gasteiger partial charge in [-0.3, -0.25) is 0 Å². The monoisotopic (exact) mass is 305 g/mol. The summed E-state index contributed by atoms with van der Waals surface area (Å²) in [5.74, 6) is 0. The minimum atomic E-state index is 0.0261. The Balaban J connectivity index is 2.01. The average Bonchev–Trinajstić information content (AvgIpc) is 2.93. The van der Waals surface area contributed by atoms with Crippen LogP contribution in [0.3, 0.4) is 0 Å². The van der Waals surface area contributed by atoms with Gasteiger partial charge in [-0.25, -0.2) is 0 Å². The van der Waals surface area contributed by atoms with E-state index >= 15 is 0 Å². The molecule has 0 radical (unpaired) electrons. The quantitative estimate of drug-likeness (QED) is 0.875. The fourth-order valence-electron chi connectivity index (χ4n) is 1.92. The molecule has 1 unspecified atom stereocenters. The first-order valence-electron chi connectivity index (χ1n) is 7.25. The number of ether oxygens (including phenoxy) is 1. The van der Waals surface area contributed by atoms with E-state index in [1.165, 1.54) is 5.56 Å². The van der Waals surface area contributed by atoms with Gasteiger partial charge in [0.2, 0.25) is 5.13 Å². The van der Waals surface area contributed by atoms with E-state index in [0.29, 0.717) is 13.2 Å². The summed E-state index contributed by atoms with van der Waals surface area (Å²) in [6.45, 7) is 9.82. The molecule has 0 saturated carbocycles. The standard InChI is InChI=1S/C16H23N3OS/c1-5-20-13(12-9-7-6-8-10-12)11-17-15-19-18-14(21-15)16(2,3)4/h6-10,13H,5,11H2,1-4H3,(H,17,19). The molecule has 0 aliphatic carbocycles. The van der Waals surface area contributed by atoms with Crippen molar-refractivity contribution in [2.24, 2.45) is 0 Å². The molecule has 1 aromatic carbocycles. The first-order chi connectivity index (χ1) is 10.0. The first-order valence-corrected chi connectivity index (χ1v) is 8.06. The second-order valence-electron chi connectivity index (χ2n) is 5.90. The molecule has 4 nitrogen and oxygen atoms in total. The summed E-state index contributed by atoms with van der Waals surface area (Å²) in [4.78, 5) is 0. The van der Waals surface area contributed by atoms with E-state index in [1.807, 2.05) is 25.1 Å². The third kappa shape index (κ3) is 4.51. The van der Waals surface area contributed by atoms with Crippen LogP contribution in [0.25, 0.3) is 0 Å². The van der Waals surface area contributed by atoms with Crippen LogP contribution in [0.2, 0.25) is 0 Å². The molecule has 0 saturated heterocycles. The molecule has 1 N–H and O–H groups in total. The Morgan fingerprint density at radius 2 is 1.90 bits per heavy atom. The van der Waals surface area contributed by atoms with Crippen LogP contribution < -0.4 is 5.32 Å². The molecule has 21 heavy (non-hydrogen) atoms. The number of benzene rings is 1. The van der Waals surface area contributed by atoms with Crippen LogP contribution in [0.15, 0.2) is 30.3 Å². The molecule has 0 fully saturated rings. The van der Waals surface area contributed by atoms with Crippen LogP contribution in [-0.4, -0.2) is 23.3 Å². The van der Waals surface area contributed by atoms with Gasteiger partial charge < -0.3 is 10.1 Å². The largest absolute Gasteiger partial charge is 0.372 e. The number of aromatic nitrogens is 2. The number of hydrogen-bond donors (Lipinski definition) is 1. The van der Waals surface area contributed by atoms with Crippen molar-refractivity contribution in [3.63, 3.8) is 0 Å². The van der Waals surface area contributed by atoms with Gasteiger partial charge >= 0.3 is 0 Å². The zero-order valence-corrected chi connectivity index (χ0v) is 13.9. The molecular weight excluding hydrogens is 282 g/mol. The molecular formula is C16H23N3OS. The average molecular weight is 305 g/mol. The molecule has 0 bridgehead atoms. The molecule has 1 heterocycles. The smallest absolute Gasteiger partial charge is 0.205 e. The molecule has 5 heteroatoms. The summed E-state index contributed by atoms with van der Waals surface area (Å²) in [6, 6.07) is 10.2. The van der Waals surface area contributed by atoms with E-state index in [1.54, 1.807) is 11.3 Å². The predicted molar refractivity (Wildman–Crippen MR) is 87.9 cm³/mol. The van der Waals surface area contributed by atoms with Crippen LogP contribution in [0.1, 0.15) is 44.4 Å². The number of rotatable bonds is 6. The Kier molecular flexibility index (Phi) is 5.31. The van der Waals surface area contributed by atoms with Gasteiger partial charge in [-0.05, 0) is 12.5 Å². The molecule has 0 aliphatic heterocycles. The molecule has 2 aromatic rings. The van der Waals surface area contributed by atoms with Crippen LogP contribution in [0, 0.1) is 0 Å². The van der Waals surface area contributed by atoms with Gasteiger partial charge in [0.15, 0.2) is 0 Å². The van der Waals surface area contributed by atoms with E-state index in [2.05, 4.69) is 48.4 Å². The van der Waals surface area contributed by atoms with Crippen LogP contribution in [-0.2, 0) is 10.2 Å². The Morgan fingerprint density at radius 1 is 1.19 bits per heavy atom. The summed E-state index contributed by atoms with van der Waals surface area (Å²) in [5.41, 5.74) is 1.21. The topological polar surface area (TPSA) is 47.0 Å². The zero-order valence-electron chi connectivity index (χ0n) is 13.1. The lowest BCUT2D eigenvalue weighted by Crippen LogP contribution is -2.15. The second-order valence-corrected chi connectivity index (χ2v) is 6.88. The molecule has 2 rings (SSSR count). The Hall–Kier alpha value is -1.46. The highest BCUT2D eigenvalue weighted by atomic mass is 32.1. The maximum Gasteiger partial charge on any atom is 0.205 e. The summed E-state index contributed by atoms with van der Waals surface area (Å²) in [6.07, 6.45) is 0.0261. The van der Waals surface area contributed by atoms with Crippen LogP contribution in [0.5, 0.6) is 0 Å². The lowest BCUT2D eigenvalue weighted by Gasteiger charge is -2.17. The van der Waals surface area contributed by atoms with E-state index in [0.717, 1.165) is 10.1 Å². The fraction of sp³-hybridized carbons (Fsp3) is 0.500. The Bertz CT molecular complexity index is 548. The first kappa shape index (κ1) is 15.9. The maximum absolute atomic E-state index is 5.82. The van der Waals surface area contributed by atoms with Crippen molar-refractivity contribution in [2.75, 3.05) is 18.5 Å². The van der Waals surface area contributed by atoms with Crippen LogP contribution >= 0.6 is 11.3 Å². The number of hydrogen-bond acceptors (Lipinski definition) is 5. The second kappa shape index (κ2) is 7.00. The van der Waals surface area contributed by atoms with E-state index in [9.17, 15) is 0 Å². The minimum Gasteiger partial charge on any atom is -0.372 e. The SMILES string of the molecule is CCOC(CNc1nnc(C(C)(C)C)s1)c1ccccc1. The van der Waals surface area contributed by atoms with Gasteiger partial charge in [-0.1, -0.05) is 62.4 Å². The number of nitrogens with zero attached hydrogens (tertiary/aromatic N) is 2. The van der Waals surface area contributed by atoms with Gasteiger partial charge in [0, 0.05) is 18.6 Å². The van der Waals surface area contributed by atoms with Gasteiger partial charge in [0.05, 0.1) is 6.10 Å². The highest BCUT2D eigenvalue weighted by Crippen LogP contribution is 2.28. The Labute approximate surface area is 130 Å². The van der Waals surface area contributed by atoms with Crippen molar-refractivity contribution in [3.8, 4) is 0 Å². The highest BCUT2D eigenvalue weighted by molar-refractivity contribution is 7.15. The summed E-state index contributed by atoms with van der Waals surface area (Å²) >= 11 is 1.61. The highest BCUT2D eigenvalue weighted by Gasteiger charge is 2.20. The molecule has 0 amide bonds. The fourth-order valence-corrected chi connectivity index (χ4v) is 2.73. The van der Waals surface area contributed by atoms with Crippen molar-refractivity contribution < 1.29 is 4.74 Å².